The van der Waals surface area contributed by atoms with E-state index in [-0.39, 0.29) is 0 Å². The van der Waals surface area contributed by atoms with Crippen molar-refractivity contribution in [3.63, 3.8) is 0 Å². The van der Waals surface area contributed by atoms with Crippen molar-refractivity contribution in [2.75, 3.05) is 0 Å². The van der Waals surface area contributed by atoms with Gasteiger partial charge in [-0.2, -0.15) is 0 Å². The van der Waals surface area contributed by atoms with Crippen LogP contribution in [0, 0.1) is 6.92 Å². The molecule has 360 valence electrons. The lowest BCUT2D eigenvalue weighted by molar-refractivity contribution is 0.295. The van der Waals surface area contributed by atoms with Crippen LogP contribution in [0.1, 0.15) is 319 Å². The third-order valence-electron chi connectivity index (χ3n) is 14.5. The Morgan fingerprint density at radius 1 is 0.274 bits per heavy atom. The third-order valence-corrected chi connectivity index (χ3v) is 14.5. The van der Waals surface area contributed by atoms with Gasteiger partial charge in [-0.15, -0.1) is 0 Å². The van der Waals surface area contributed by atoms with Crippen LogP contribution in [0.5, 0.6) is 0 Å². The summed E-state index contributed by atoms with van der Waals surface area (Å²) >= 11 is 0. The summed E-state index contributed by atoms with van der Waals surface area (Å²) in [6.45, 7) is 21.4. The maximum Gasteiger partial charge on any atom is -0.00413 e. The van der Waals surface area contributed by atoms with E-state index in [1.54, 1.807) is 0 Å². The molecule has 0 spiro atoms. The van der Waals surface area contributed by atoms with Gasteiger partial charge in [0.15, 0.2) is 0 Å². The molecule has 0 atom stereocenters. The van der Waals surface area contributed by atoms with Crippen LogP contribution in [0.15, 0.2) is 30.3 Å². The Bertz CT molecular complexity index is 1170. The van der Waals surface area contributed by atoms with Crippen molar-refractivity contribution in [3.05, 3.63) is 69.3 Å². The Hall–Kier alpha value is -1.56. The van der Waals surface area contributed by atoms with Gasteiger partial charge < -0.3 is 0 Å². The molecule has 0 fully saturated rings. The van der Waals surface area contributed by atoms with Crippen molar-refractivity contribution in [1.29, 1.82) is 0 Å². The van der Waals surface area contributed by atoms with Gasteiger partial charge in [0.2, 0.25) is 0 Å². The van der Waals surface area contributed by atoms with Gasteiger partial charge in [-0.3, -0.25) is 0 Å². The summed E-state index contributed by atoms with van der Waals surface area (Å²) in [5.41, 5.74) is 13.4. The van der Waals surface area contributed by atoms with E-state index in [1.165, 1.54) is 262 Å². The molecule has 0 aromatic heterocycles. The Labute approximate surface area is 392 Å². The zero-order valence-corrected chi connectivity index (χ0v) is 44.2. The second-order valence-electron chi connectivity index (χ2n) is 20.2. The van der Waals surface area contributed by atoms with Crippen molar-refractivity contribution in [2.24, 2.45) is 0 Å². The number of aryl methyl sites for hydroxylation is 1. The summed E-state index contributed by atoms with van der Waals surface area (Å²) in [5.74, 6) is 0. The Kier molecular flexibility index (Phi) is 38.6. The van der Waals surface area contributed by atoms with Gasteiger partial charge in [-0.1, -0.05) is 265 Å². The van der Waals surface area contributed by atoms with Crippen molar-refractivity contribution < 1.29 is 0 Å². The van der Waals surface area contributed by atoms with Gasteiger partial charge in [0.25, 0.3) is 0 Å². The summed E-state index contributed by atoms with van der Waals surface area (Å²) in [7, 11) is 0. The number of unbranched alkanes of at least 4 members (excludes halogenated alkanes) is 24. The second-order valence-corrected chi connectivity index (χ2v) is 20.2. The fourth-order valence-corrected chi connectivity index (χ4v) is 10.7. The highest BCUT2D eigenvalue weighted by Crippen LogP contribution is 2.48. The Balaban J connectivity index is 0.00000248. The smallest absolute Gasteiger partial charge is 0.00413 e. The molecule has 0 unspecified atom stereocenters. The lowest BCUT2D eigenvalue weighted by Crippen LogP contribution is -2.32. The summed E-state index contributed by atoms with van der Waals surface area (Å²) in [6, 6.07) is 10.3. The Morgan fingerprint density at radius 2 is 0.516 bits per heavy atom. The molecule has 0 saturated carbocycles. The summed E-state index contributed by atoms with van der Waals surface area (Å²) in [5, 5.41) is 0. The van der Waals surface area contributed by atoms with Crippen LogP contribution in [-0.4, -0.2) is 0 Å². The van der Waals surface area contributed by atoms with Crippen molar-refractivity contribution in [3.8, 4) is 0 Å². The van der Waals surface area contributed by atoms with Gasteiger partial charge in [0, 0.05) is 0 Å². The molecule has 2 aromatic rings. The topological polar surface area (TPSA) is 0 Å². The van der Waals surface area contributed by atoms with Gasteiger partial charge >= 0.3 is 0 Å². The minimum Gasteiger partial charge on any atom is -0.0654 e. The molecule has 0 heterocycles. The van der Waals surface area contributed by atoms with E-state index in [0.29, 0.717) is 5.41 Å². The van der Waals surface area contributed by atoms with Crippen LogP contribution in [-0.2, 0) is 37.5 Å². The van der Waals surface area contributed by atoms with E-state index in [1.807, 2.05) is 51.6 Å². The van der Waals surface area contributed by atoms with E-state index in [0.717, 1.165) is 0 Å². The first kappa shape index (κ1) is 58.5. The molecule has 0 heteroatoms. The average Bonchev–Trinajstić information content (AvgIpc) is 3.28. The normalized spacial score (nSPS) is 11.6. The molecule has 2 rings (SSSR count). The zero-order valence-electron chi connectivity index (χ0n) is 44.2. The van der Waals surface area contributed by atoms with Crippen molar-refractivity contribution in [1.82, 2.24) is 0 Å². The number of hydrogen-bond acceptors (Lipinski definition) is 0. The van der Waals surface area contributed by atoms with Crippen molar-refractivity contribution in [2.45, 2.75) is 325 Å². The van der Waals surface area contributed by atoms with Gasteiger partial charge in [-0.05, 0) is 129 Å². The van der Waals surface area contributed by atoms with E-state index in [9.17, 15) is 0 Å². The summed E-state index contributed by atoms with van der Waals surface area (Å²) < 4.78 is 0. The molecule has 0 N–H and O–H groups in total. The van der Waals surface area contributed by atoms with E-state index < -0.39 is 0 Å². The first-order valence-corrected chi connectivity index (χ1v) is 28.6. The van der Waals surface area contributed by atoms with Crippen LogP contribution in [0.25, 0.3) is 0 Å². The minimum absolute atomic E-state index is 0.368. The van der Waals surface area contributed by atoms with Crippen LogP contribution in [0.3, 0.4) is 0 Å². The van der Waals surface area contributed by atoms with E-state index in [2.05, 4.69) is 74.4 Å². The lowest BCUT2D eigenvalue weighted by atomic mass is 9.63. The van der Waals surface area contributed by atoms with Crippen LogP contribution < -0.4 is 0 Å². The van der Waals surface area contributed by atoms with Gasteiger partial charge in [-0.25, -0.2) is 0 Å². The van der Waals surface area contributed by atoms with Crippen molar-refractivity contribution >= 4 is 0 Å². The fourth-order valence-electron chi connectivity index (χ4n) is 10.7. The SMILES string of the molecule is CCCCCCc1c(CCCCCC)c(CCCCCC)c(C(CCCCCC)(CCCCCC)CCCCCC)c(CCCCCC)c1CCCCCC.Cc1ccccc1. The third kappa shape index (κ3) is 25.2. The Morgan fingerprint density at radius 3 is 0.758 bits per heavy atom. The molecule has 0 aliphatic carbocycles. The largest absolute Gasteiger partial charge is 0.0654 e. The predicted octanol–water partition coefficient (Wildman–Crippen LogP) is 21.4. The molecule has 0 amide bonds. The molecular formula is C62H112. The minimum atomic E-state index is 0.368. The molecule has 0 bridgehead atoms. The zero-order chi connectivity index (χ0) is 45.4. The maximum atomic E-state index is 2.42. The van der Waals surface area contributed by atoms with Gasteiger partial charge in [0.1, 0.15) is 0 Å². The molecule has 2 aromatic carbocycles. The molecule has 62 heavy (non-hydrogen) atoms. The molecule has 0 nitrogen and oxygen atoms in total. The summed E-state index contributed by atoms with van der Waals surface area (Å²) in [6.07, 6.45) is 55.9. The highest BCUT2D eigenvalue weighted by molar-refractivity contribution is 5.56. The standard InChI is InChI=1S/C55H104.C7H8/c1-9-17-25-33-41-49-50(42-34-26-18-10-2)52(44-36-28-20-12-4)54(53(45-37-29-21-13-5)51(49)43-35-27-19-11-3)55(46-38-30-22-14-6,47-39-31-23-15-7)48-40-32-24-16-8;1-7-5-3-2-4-6-7/h9-48H2,1-8H3;2-6H,1H3. The molecule has 0 saturated heterocycles. The van der Waals surface area contributed by atoms with E-state index in [4.69, 9.17) is 0 Å². The molecule has 0 aliphatic heterocycles. The van der Waals surface area contributed by atoms with Gasteiger partial charge in [0.05, 0.1) is 0 Å². The van der Waals surface area contributed by atoms with E-state index >= 15 is 0 Å². The molecular weight excluding hydrogens is 745 g/mol. The van der Waals surface area contributed by atoms with Crippen LogP contribution in [0.4, 0.5) is 0 Å². The van der Waals surface area contributed by atoms with Crippen LogP contribution in [0.2, 0.25) is 0 Å². The highest BCUT2D eigenvalue weighted by Gasteiger charge is 2.37. The number of hydrogen-bond donors (Lipinski definition) is 0. The lowest BCUT2D eigenvalue weighted by Gasteiger charge is -2.42. The first-order valence-electron chi connectivity index (χ1n) is 28.6. The summed E-state index contributed by atoms with van der Waals surface area (Å²) in [4.78, 5) is 0. The fraction of sp³-hybridized carbons (Fsp3) is 0.806. The quantitative estimate of drug-likeness (QED) is 0.0585. The predicted molar refractivity (Wildman–Crippen MR) is 285 cm³/mol. The first-order chi connectivity index (χ1) is 30.4. The number of rotatable bonds is 41. The molecule has 0 aliphatic rings. The maximum absolute atomic E-state index is 2.42. The second kappa shape index (κ2) is 40.9. The van der Waals surface area contributed by atoms with Crippen LogP contribution >= 0.6 is 0 Å². The average molecular weight is 858 g/mol. The monoisotopic (exact) mass is 857 g/mol. The highest BCUT2D eigenvalue weighted by atomic mass is 14.4. The molecule has 0 radical (unpaired) electrons. The number of benzene rings is 2.